The SMILES string of the molecule is Cc1cccc(N2CCN(c3ncnc(Nc4cc(Cl)cc(Cl)c4)c3[N+](=O)[O-])CC2)c1C. The highest BCUT2D eigenvalue weighted by Gasteiger charge is 2.29. The molecule has 4 rings (SSSR count). The minimum absolute atomic E-state index is 0.0929. The highest BCUT2D eigenvalue weighted by atomic mass is 35.5. The fourth-order valence-corrected chi connectivity index (χ4v) is 4.39. The highest BCUT2D eigenvalue weighted by Crippen LogP contribution is 2.35. The van der Waals surface area contributed by atoms with Crippen LogP contribution in [0.15, 0.2) is 42.7 Å². The Morgan fingerprint density at radius 2 is 1.66 bits per heavy atom. The molecule has 1 fully saturated rings. The normalized spacial score (nSPS) is 13.9. The maximum atomic E-state index is 12.0. The lowest BCUT2D eigenvalue weighted by atomic mass is 10.1. The topological polar surface area (TPSA) is 87.4 Å². The molecule has 0 atom stereocenters. The van der Waals surface area contributed by atoms with E-state index in [1.165, 1.54) is 23.1 Å². The van der Waals surface area contributed by atoms with E-state index >= 15 is 0 Å². The molecule has 1 saturated heterocycles. The van der Waals surface area contributed by atoms with E-state index in [4.69, 9.17) is 23.2 Å². The lowest BCUT2D eigenvalue weighted by Crippen LogP contribution is -2.47. The molecule has 1 aliphatic heterocycles. The van der Waals surface area contributed by atoms with Gasteiger partial charge in [0.25, 0.3) is 0 Å². The minimum atomic E-state index is -0.457. The lowest BCUT2D eigenvalue weighted by Gasteiger charge is -2.37. The lowest BCUT2D eigenvalue weighted by molar-refractivity contribution is -0.383. The summed E-state index contributed by atoms with van der Waals surface area (Å²) in [5, 5.41) is 15.8. The van der Waals surface area contributed by atoms with Crippen molar-refractivity contribution in [1.82, 2.24) is 9.97 Å². The number of nitrogens with zero attached hydrogens (tertiary/aromatic N) is 5. The second kappa shape index (κ2) is 9.18. The van der Waals surface area contributed by atoms with Gasteiger partial charge in [-0.2, -0.15) is 0 Å². The number of rotatable bonds is 5. The predicted octanol–water partition coefficient (Wildman–Crippen LogP) is 5.38. The van der Waals surface area contributed by atoms with Crippen LogP contribution in [0.4, 0.5) is 28.7 Å². The highest BCUT2D eigenvalue weighted by molar-refractivity contribution is 6.35. The first kappa shape index (κ1) is 22.1. The van der Waals surface area contributed by atoms with Crippen LogP contribution in [0.1, 0.15) is 11.1 Å². The van der Waals surface area contributed by atoms with Gasteiger partial charge in [-0.1, -0.05) is 35.3 Å². The van der Waals surface area contributed by atoms with Crippen molar-refractivity contribution in [3.8, 4) is 0 Å². The zero-order chi connectivity index (χ0) is 22.8. The average molecular weight is 473 g/mol. The second-order valence-corrected chi connectivity index (χ2v) is 8.50. The molecule has 8 nitrogen and oxygen atoms in total. The summed E-state index contributed by atoms with van der Waals surface area (Å²) in [5.74, 6) is 0.386. The van der Waals surface area contributed by atoms with E-state index in [2.05, 4.69) is 52.2 Å². The molecular weight excluding hydrogens is 451 g/mol. The van der Waals surface area contributed by atoms with Crippen LogP contribution in [-0.2, 0) is 0 Å². The zero-order valence-electron chi connectivity index (χ0n) is 17.7. The molecule has 166 valence electrons. The molecule has 0 bridgehead atoms. The van der Waals surface area contributed by atoms with Gasteiger partial charge in [0.15, 0.2) is 0 Å². The van der Waals surface area contributed by atoms with Crippen molar-refractivity contribution in [1.29, 1.82) is 0 Å². The van der Waals surface area contributed by atoms with Crippen LogP contribution in [-0.4, -0.2) is 41.1 Å². The Kier molecular flexibility index (Phi) is 6.34. The Balaban J connectivity index is 1.58. The van der Waals surface area contributed by atoms with E-state index in [9.17, 15) is 10.1 Å². The third kappa shape index (κ3) is 4.56. The fraction of sp³-hybridized carbons (Fsp3) is 0.273. The molecule has 3 aromatic rings. The summed E-state index contributed by atoms with van der Waals surface area (Å²) < 4.78 is 0. The molecule has 0 unspecified atom stereocenters. The van der Waals surface area contributed by atoms with Crippen molar-refractivity contribution in [3.05, 3.63) is 74.0 Å². The first-order chi connectivity index (χ1) is 15.3. The van der Waals surface area contributed by atoms with Crippen LogP contribution in [0.3, 0.4) is 0 Å². The number of hydrogen-bond donors (Lipinski definition) is 1. The minimum Gasteiger partial charge on any atom is -0.368 e. The molecular formula is C22H22Cl2N6O2. The number of benzene rings is 2. The molecule has 1 aromatic heterocycles. The first-order valence-electron chi connectivity index (χ1n) is 10.1. The molecule has 10 heteroatoms. The van der Waals surface area contributed by atoms with Crippen LogP contribution in [0.25, 0.3) is 0 Å². The standard InChI is InChI=1S/C22H22Cl2N6O2/c1-14-4-3-5-19(15(14)2)28-6-8-29(9-7-28)22-20(30(31)32)21(25-13-26-22)27-18-11-16(23)10-17(24)12-18/h3-5,10-13H,6-9H2,1-2H3,(H,25,26,27). The number of hydrogen-bond acceptors (Lipinski definition) is 7. The third-order valence-corrected chi connectivity index (χ3v) is 6.04. The van der Waals surface area contributed by atoms with Gasteiger partial charge >= 0.3 is 5.69 Å². The number of nitro groups is 1. The molecule has 2 heterocycles. The summed E-state index contributed by atoms with van der Waals surface area (Å²) in [4.78, 5) is 24.1. The Bertz CT molecular complexity index is 1140. The molecule has 0 saturated carbocycles. The van der Waals surface area contributed by atoms with Crippen molar-refractivity contribution in [2.45, 2.75) is 13.8 Å². The van der Waals surface area contributed by atoms with Crippen molar-refractivity contribution in [2.75, 3.05) is 41.3 Å². The zero-order valence-corrected chi connectivity index (χ0v) is 19.2. The van der Waals surface area contributed by atoms with Gasteiger partial charge in [0, 0.05) is 47.6 Å². The largest absolute Gasteiger partial charge is 0.368 e. The Hall–Kier alpha value is -3.10. The monoisotopic (exact) mass is 472 g/mol. The molecule has 0 spiro atoms. The van der Waals surface area contributed by atoms with Crippen LogP contribution >= 0.6 is 23.2 Å². The average Bonchev–Trinajstić information content (AvgIpc) is 2.75. The number of piperazine rings is 1. The van der Waals surface area contributed by atoms with Gasteiger partial charge in [-0.05, 0) is 49.2 Å². The van der Waals surface area contributed by atoms with E-state index in [1.807, 2.05) is 4.90 Å². The number of aryl methyl sites for hydroxylation is 1. The van der Waals surface area contributed by atoms with Gasteiger partial charge in [0.2, 0.25) is 11.6 Å². The van der Waals surface area contributed by atoms with Crippen LogP contribution in [0.5, 0.6) is 0 Å². The number of anilines is 4. The fourth-order valence-electron chi connectivity index (χ4n) is 3.86. The molecule has 1 N–H and O–H groups in total. The van der Waals surface area contributed by atoms with Crippen molar-refractivity contribution in [2.24, 2.45) is 0 Å². The van der Waals surface area contributed by atoms with Gasteiger partial charge in [0.05, 0.1) is 4.92 Å². The van der Waals surface area contributed by atoms with Gasteiger partial charge in [0.1, 0.15) is 6.33 Å². The van der Waals surface area contributed by atoms with E-state index < -0.39 is 4.92 Å². The maximum absolute atomic E-state index is 12.0. The van der Waals surface area contributed by atoms with Gasteiger partial charge < -0.3 is 15.1 Å². The van der Waals surface area contributed by atoms with Crippen molar-refractivity contribution in [3.63, 3.8) is 0 Å². The van der Waals surface area contributed by atoms with Crippen molar-refractivity contribution < 1.29 is 4.92 Å². The third-order valence-electron chi connectivity index (χ3n) is 5.61. The number of halogens is 2. The Labute approximate surface area is 195 Å². The molecule has 1 aliphatic rings. The summed E-state index contributed by atoms with van der Waals surface area (Å²) >= 11 is 12.1. The molecule has 32 heavy (non-hydrogen) atoms. The molecule has 2 aromatic carbocycles. The van der Waals surface area contributed by atoms with Crippen LogP contribution in [0.2, 0.25) is 10.0 Å². The van der Waals surface area contributed by atoms with E-state index in [1.54, 1.807) is 18.2 Å². The quantitative estimate of drug-likeness (QED) is 0.393. The van der Waals surface area contributed by atoms with Gasteiger partial charge in [-0.3, -0.25) is 10.1 Å². The summed E-state index contributed by atoms with van der Waals surface area (Å²) in [5.41, 5.74) is 4.02. The maximum Gasteiger partial charge on any atom is 0.353 e. The smallest absolute Gasteiger partial charge is 0.353 e. The predicted molar refractivity (Wildman–Crippen MR) is 129 cm³/mol. The molecule has 0 amide bonds. The summed E-state index contributed by atoms with van der Waals surface area (Å²) in [6, 6.07) is 11.1. The van der Waals surface area contributed by atoms with E-state index in [-0.39, 0.29) is 11.5 Å². The molecule has 0 radical (unpaired) electrons. The summed E-state index contributed by atoms with van der Waals surface area (Å²) in [7, 11) is 0. The number of aromatic nitrogens is 2. The van der Waals surface area contributed by atoms with Crippen molar-refractivity contribution >= 4 is 51.9 Å². The van der Waals surface area contributed by atoms with Crippen LogP contribution in [0, 0.1) is 24.0 Å². The number of nitrogens with one attached hydrogen (secondary N) is 1. The second-order valence-electron chi connectivity index (χ2n) is 7.63. The van der Waals surface area contributed by atoms with Gasteiger partial charge in [-0.15, -0.1) is 0 Å². The Morgan fingerprint density at radius 1 is 1.00 bits per heavy atom. The molecule has 0 aliphatic carbocycles. The first-order valence-corrected chi connectivity index (χ1v) is 10.9. The van der Waals surface area contributed by atoms with E-state index in [0.717, 1.165) is 13.1 Å². The summed E-state index contributed by atoms with van der Waals surface area (Å²) in [6.45, 7) is 6.89. The van der Waals surface area contributed by atoms with E-state index in [0.29, 0.717) is 34.6 Å². The van der Waals surface area contributed by atoms with Gasteiger partial charge in [-0.25, -0.2) is 9.97 Å². The summed E-state index contributed by atoms with van der Waals surface area (Å²) in [6.07, 6.45) is 1.33. The Morgan fingerprint density at radius 3 is 2.31 bits per heavy atom. The van der Waals surface area contributed by atoms with Crippen LogP contribution < -0.4 is 15.1 Å².